The number of nitrogens with zero attached hydrogens (tertiary/aromatic N) is 1. The number of rotatable bonds is 3. The first kappa shape index (κ1) is 14.2. The molecule has 4 heteroatoms. The number of carbonyl (C=O) groups is 1. The molecular weight excluding hydrogens is 278 g/mol. The predicted octanol–water partition coefficient (Wildman–Crippen LogP) is 3.34. The molecule has 0 aliphatic heterocycles. The summed E-state index contributed by atoms with van der Waals surface area (Å²) in [5.41, 5.74) is 1.77. The fraction of sp³-hybridized carbons (Fsp3) is 0.167. The SMILES string of the molecule is CC1(C[N+](=O)[O-])C(=O)C(c2ccccc2)=Cc2ccccc21. The van der Waals surface area contributed by atoms with Gasteiger partial charge in [-0.1, -0.05) is 54.6 Å². The van der Waals surface area contributed by atoms with Gasteiger partial charge in [0.1, 0.15) is 5.41 Å². The Bertz CT molecular complexity index is 780. The molecule has 1 aliphatic carbocycles. The first-order valence-corrected chi connectivity index (χ1v) is 7.05. The number of Topliss-reactive ketones (excluding diaryl/α,β-unsaturated/α-hetero) is 1. The van der Waals surface area contributed by atoms with Crippen LogP contribution in [-0.4, -0.2) is 17.3 Å². The molecule has 0 bridgehead atoms. The van der Waals surface area contributed by atoms with Gasteiger partial charge < -0.3 is 0 Å². The number of ketones is 1. The molecule has 110 valence electrons. The molecule has 0 spiro atoms. The summed E-state index contributed by atoms with van der Waals surface area (Å²) >= 11 is 0. The number of benzene rings is 2. The third-order valence-corrected chi connectivity index (χ3v) is 4.13. The topological polar surface area (TPSA) is 60.2 Å². The summed E-state index contributed by atoms with van der Waals surface area (Å²) in [6.45, 7) is 1.25. The molecule has 0 fully saturated rings. The monoisotopic (exact) mass is 293 g/mol. The van der Waals surface area contributed by atoms with Crippen molar-refractivity contribution in [1.82, 2.24) is 0 Å². The second-order valence-corrected chi connectivity index (χ2v) is 5.66. The summed E-state index contributed by atoms with van der Waals surface area (Å²) in [6.07, 6.45) is 1.83. The molecule has 0 heterocycles. The average molecular weight is 293 g/mol. The van der Waals surface area contributed by atoms with Crippen molar-refractivity contribution in [2.75, 3.05) is 6.54 Å². The standard InChI is InChI=1S/C18H15NO3/c1-18(12-19(21)22)16-10-6-5-9-14(16)11-15(17(18)20)13-7-3-2-4-8-13/h2-11H,12H2,1H3. The van der Waals surface area contributed by atoms with E-state index in [1.807, 2.05) is 54.6 Å². The van der Waals surface area contributed by atoms with Gasteiger partial charge >= 0.3 is 0 Å². The third kappa shape index (κ3) is 2.22. The summed E-state index contributed by atoms with van der Waals surface area (Å²) in [5.74, 6) is -0.200. The molecule has 0 N–H and O–H groups in total. The van der Waals surface area contributed by atoms with Crippen LogP contribution in [0.2, 0.25) is 0 Å². The van der Waals surface area contributed by atoms with E-state index in [0.29, 0.717) is 5.57 Å². The highest BCUT2D eigenvalue weighted by atomic mass is 16.6. The quantitative estimate of drug-likeness (QED) is 0.644. The van der Waals surface area contributed by atoms with E-state index >= 15 is 0 Å². The maximum Gasteiger partial charge on any atom is 0.220 e. The van der Waals surface area contributed by atoms with Crippen molar-refractivity contribution in [3.05, 3.63) is 81.4 Å². The van der Waals surface area contributed by atoms with Crippen LogP contribution in [-0.2, 0) is 10.2 Å². The lowest BCUT2D eigenvalue weighted by atomic mass is 9.69. The Hall–Kier alpha value is -2.75. The predicted molar refractivity (Wildman–Crippen MR) is 85.0 cm³/mol. The van der Waals surface area contributed by atoms with Crippen LogP contribution in [0.15, 0.2) is 54.6 Å². The van der Waals surface area contributed by atoms with E-state index in [1.54, 1.807) is 13.0 Å². The first-order chi connectivity index (χ1) is 10.5. The van der Waals surface area contributed by atoms with Gasteiger partial charge in [0.2, 0.25) is 6.54 Å². The van der Waals surface area contributed by atoms with Crippen LogP contribution in [0.4, 0.5) is 0 Å². The number of fused-ring (bicyclic) bond motifs is 1. The maximum atomic E-state index is 13.0. The van der Waals surface area contributed by atoms with Crippen LogP contribution >= 0.6 is 0 Å². The van der Waals surface area contributed by atoms with E-state index in [4.69, 9.17) is 0 Å². The van der Waals surface area contributed by atoms with Crippen molar-refractivity contribution in [1.29, 1.82) is 0 Å². The zero-order valence-electron chi connectivity index (χ0n) is 12.2. The molecule has 2 aromatic carbocycles. The first-order valence-electron chi connectivity index (χ1n) is 7.05. The van der Waals surface area contributed by atoms with Crippen molar-refractivity contribution >= 4 is 17.4 Å². The highest BCUT2D eigenvalue weighted by molar-refractivity contribution is 6.31. The summed E-state index contributed by atoms with van der Waals surface area (Å²) < 4.78 is 0. The van der Waals surface area contributed by atoms with Gasteiger partial charge in [-0.25, -0.2) is 0 Å². The lowest BCUT2D eigenvalue weighted by molar-refractivity contribution is -0.487. The van der Waals surface area contributed by atoms with E-state index in [1.165, 1.54) is 0 Å². The van der Waals surface area contributed by atoms with E-state index in [0.717, 1.165) is 16.7 Å². The second kappa shape index (κ2) is 5.22. The van der Waals surface area contributed by atoms with Crippen LogP contribution in [0.1, 0.15) is 23.6 Å². The fourth-order valence-electron chi connectivity index (χ4n) is 3.01. The summed E-state index contributed by atoms with van der Waals surface area (Å²) in [6, 6.07) is 16.7. The van der Waals surface area contributed by atoms with Crippen molar-refractivity contribution in [2.45, 2.75) is 12.3 Å². The van der Waals surface area contributed by atoms with E-state index in [9.17, 15) is 14.9 Å². The minimum atomic E-state index is -1.14. The number of hydrogen-bond donors (Lipinski definition) is 0. The molecule has 0 radical (unpaired) electrons. The van der Waals surface area contributed by atoms with Crippen LogP contribution < -0.4 is 0 Å². The molecule has 4 nitrogen and oxygen atoms in total. The number of nitro groups is 1. The van der Waals surface area contributed by atoms with Crippen LogP contribution in [0, 0.1) is 10.1 Å². The molecule has 0 saturated carbocycles. The Kier molecular flexibility index (Phi) is 3.37. The van der Waals surface area contributed by atoms with E-state index in [2.05, 4.69) is 0 Å². The zero-order valence-corrected chi connectivity index (χ0v) is 12.2. The highest BCUT2D eigenvalue weighted by Crippen LogP contribution is 2.39. The molecule has 0 aromatic heterocycles. The molecule has 0 amide bonds. The van der Waals surface area contributed by atoms with E-state index in [-0.39, 0.29) is 5.78 Å². The van der Waals surface area contributed by atoms with Gasteiger partial charge in [0, 0.05) is 10.5 Å². The molecule has 22 heavy (non-hydrogen) atoms. The minimum absolute atomic E-state index is 0.200. The van der Waals surface area contributed by atoms with Gasteiger partial charge in [-0.15, -0.1) is 0 Å². The second-order valence-electron chi connectivity index (χ2n) is 5.66. The van der Waals surface area contributed by atoms with Crippen LogP contribution in [0.5, 0.6) is 0 Å². The largest absolute Gasteiger partial charge is 0.293 e. The van der Waals surface area contributed by atoms with E-state index < -0.39 is 16.9 Å². The van der Waals surface area contributed by atoms with Crippen molar-refractivity contribution < 1.29 is 9.72 Å². The van der Waals surface area contributed by atoms with Crippen molar-refractivity contribution in [2.24, 2.45) is 0 Å². The lowest BCUT2D eigenvalue weighted by Gasteiger charge is -2.31. The van der Waals surface area contributed by atoms with Gasteiger partial charge in [0.25, 0.3) is 0 Å². The molecule has 1 atom stereocenters. The third-order valence-electron chi connectivity index (χ3n) is 4.13. The zero-order chi connectivity index (χ0) is 15.7. The normalized spacial score (nSPS) is 20.2. The smallest absolute Gasteiger partial charge is 0.220 e. The Balaban J connectivity index is 2.21. The molecular formula is C18H15NO3. The van der Waals surface area contributed by atoms with Gasteiger partial charge in [-0.3, -0.25) is 14.9 Å². The molecule has 1 aliphatic rings. The van der Waals surface area contributed by atoms with Crippen LogP contribution in [0.3, 0.4) is 0 Å². The molecule has 2 aromatic rings. The van der Waals surface area contributed by atoms with Crippen LogP contribution in [0.25, 0.3) is 11.6 Å². The van der Waals surface area contributed by atoms with Gasteiger partial charge in [-0.05, 0) is 29.7 Å². The number of hydrogen-bond acceptors (Lipinski definition) is 3. The Labute approximate surface area is 128 Å². The molecule has 0 saturated heterocycles. The summed E-state index contributed by atoms with van der Waals surface area (Å²) in [5, 5.41) is 11.1. The number of carbonyl (C=O) groups excluding carboxylic acids is 1. The van der Waals surface area contributed by atoms with Gasteiger partial charge in [-0.2, -0.15) is 0 Å². The maximum absolute atomic E-state index is 13.0. The highest BCUT2D eigenvalue weighted by Gasteiger charge is 2.45. The average Bonchev–Trinajstić information content (AvgIpc) is 2.51. The fourth-order valence-corrected chi connectivity index (χ4v) is 3.01. The summed E-state index contributed by atoms with van der Waals surface area (Å²) in [4.78, 5) is 23.7. The molecule has 3 rings (SSSR count). The summed E-state index contributed by atoms with van der Waals surface area (Å²) in [7, 11) is 0. The lowest BCUT2D eigenvalue weighted by Crippen LogP contribution is -2.42. The van der Waals surface area contributed by atoms with Gasteiger partial charge in [0.05, 0.1) is 0 Å². The van der Waals surface area contributed by atoms with Gasteiger partial charge in [0.15, 0.2) is 5.78 Å². The Morgan fingerprint density at radius 2 is 1.68 bits per heavy atom. The Morgan fingerprint density at radius 1 is 1.05 bits per heavy atom. The number of allylic oxidation sites excluding steroid dienone is 1. The Morgan fingerprint density at radius 3 is 2.36 bits per heavy atom. The minimum Gasteiger partial charge on any atom is -0.293 e. The van der Waals surface area contributed by atoms with Crippen molar-refractivity contribution in [3.8, 4) is 0 Å². The molecule has 1 unspecified atom stereocenters. The van der Waals surface area contributed by atoms with Crippen molar-refractivity contribution in [3.63, 3.8) is 0 Å².